The van der Waals surface area contributed by atoms with E-state index >= 15 is 0 Å². The molecular weight excluding hydrogens is 566 g/mol. The lowest BCUT2D eigenvalue weighted by Gasteiger charge is -2.38. The number of halogens is 1. The van der Waals surface area contributed by atoms with Crippen molar-refractivity contribution in [2.75, 3.05) is 31.9 Å². The first-order valence-electron chi connectivity index (χ1n) is 11.9. The van der Waals surface area contributed by atoms with Crippen LogP contribution < -0.4 is 5.32 Å². The van der Waals surface area contributed by atoms with Crippen molar-refractivity contribution in [3.05, 3.63) is 95.5 Å². The lowest BCUT2D eigenvalue weighted by molar-refractivity contribution is -0.125. The van der Waals surface area contributed by atoms with Crippen LogP contribution in [0.1, 0.15) is 5.56 Å². The SMILES string of the molecule is O=C(NCCSCc1ccccc1Cl)[C@H]1CN(S(=O)(=O)c2ccccc2)CCN1S(=O)(=O)c1ccccc1. The maximum Gasteiger partial charge on any atom is 0.243 e. The van der Waals surface area contributed by atoms with Crippen LogP contribution >= 0.6 is 23.4 Å². The van der Waals surface area contributed by atoms with Crippen LogP contribution in [0.2, 0.25) is 5.02 Å². The molecule has 0 radical (unpaired) electrons. The topological polar surface area (TPSA) is 104 Å². The van der Waals surface area contributed by atoms with Gasteiger partial charge in [-0.2, -0.15) is 20.4 Å². The van der Waals surface area contributed by atoms with E-state index in [1.54, 1.807) is 48.2 Å². The number of hydrogen-bond donors (Lipinski definition) is 1. The zero-order valence-corrected chi connectivity index (χ0v) is 23.6. The van der Waals surface area contributed by atoms with Gasteiger partial charge in [0.1, 0.15) is 6.04 Å². The number of amides is 1. The Kier molecular flexibility index (Phi) is 9.50. The normalized spacial score (nSPS) is 17.2. The van der Waals surface area contributed by atoms with E-state index in [1.807, 2.05) is 24.3 Å². The average molecular weight is 594 g/mol. The number of carbonyl (C=O) groups is 1. The molecule has 38 heavy (non-hydrogen) atoms. The summed E-state index contributed by atoms with van der Waals surface area (Å²) in [7, 11) is -7.95. The van der Waals surface area contributed by atoms with Crippen LogP contribution in [0.5, 0.6) is 0 Å². The quantitative estimate of drug-likeness (QED) is 0.361. The van der Waals surface area contributed by atoms with Gasteiger partial charge in [0.15, 0.2) is 0 Å². The molecule has 8 nitrogen and oxygen atoms in total. The number of benzene rings is 3. The van der Waals surface area contributed by atoms with Gasteiger partial charge in [-0.15, -0.1) is 0 Å². The molecule has 1 saturated heterocycles. The second kappa shape index (κ2) is 12.6. The fourth-order valence-electron chi connectivity index (χ4n) is 4.09. The molecule has 1 fully saturated rings. The number of carbonyl (C=O) groups excluding carboxylic acids is 1. The zero-order valence-electron chi connectivity index (χ0n) is 20.4. The van der Waals surface area contributed by atoms with E-state index < -0.39 is 32.0 Å². The molecule has 1 aliphatic rings. The smallest absolute Gasteiger partial charge is 0.243 e. The van der Waals surface area contributed by atoms with Crippen LogP contribution in [0.3, 0.4) is 0 Å². The third kappa shape index (κ3) is 6.59. The second-order valence-electron chi connectivity index (χ2n) is 8.56. The summed E-state index contributed by atoms with van der Waals surface area (Å²) in [4.78, 5) is 13.5. The Morgan fingerprint density at radius 2 is 1.42 bits per heavy atom. The molecule has 1 N–H and O–H groups in total. The Balaban J connectivity index is 1.49. The molecule has 3 aromatic carbocycles. The van der Waals surface area contributed by atoms with Crippen molar-refractivity contribution in [1.29, 1.82) is 0 Å². The van der Waals surface area contributed by atoms with Gasteiger partial charge in [0, 0.05) is 42.7 Å². The van der Waals surface area contributed by atoms with Crippen molar-refractivity contribution in [2.45, 2.75) is 21.6 Å². The van der Waals surface area contributed by atoms with E-state index in [0.717, 1.165) is 9.87 Å². The zero-order chi connectivity index (χ0) is 27.2. The van der Waals surface area contributed by atoms with E-state index in [4.69, 9.17) is 11.6 Å². The van der Waals surface area contributed by atoms with Gasteiger partial charge in [-0.3, -0.25) is 4.79 Å². The summed E-state index contributed by atoms with van der Waals surface area (Å²) in [5.74, 6) is 0.688. The minimum Gasteiger partial charge on any atom is -0.354 e. The standard InChI is InChI=1S/C26H28ClN3O5S3/c27-24-14-8-7-9-21(24)20-36-18-15-28-26(31)25-19-29(37(32,33)22-10-3-1-4-11-22)16-17-30(25)38(34,35)23-12-5-2-6-13-23/h1-14,25H,15-20H2,(H,28,31)/t25-/m1/s1. The van der Waals surface area contributed by atoms with Crippen molar-refractivity contribution in [3.8, 4) is 0 Å². The van der Waals surface area contributed by atoms with Gasteiger partial charge in [-0.25, -0.2) is 16.8 Å². The van der Waals surface area contributed by atoms with Gasteiger partial charge in [0.05, 0.1) is 9.79 Å². The highest BCUT2D eigenvalue weighted by Crippen LogP contribution is 2.26. The van der Waals surface area contributed by atoms with E-state index in [1.165, 1.54) is 28.6 Å². The first-order chi connectivity index (χ1) is 18.2. The minimum absolute atomic E-state index is 0.0486. The van der Waals surface area contributed by atoms with Gasteiger partial charge < -0.3 is 5.32 Å². The molecular formula is C26H28ClN3O5S3. The van der Waals surface area contributed by atoms with Crippen molar-refractivity contribution >= 4 is 49.3 Å². The lowest BCUT2D eigenvalue weighted by Crippen LogP contribution is -2.61. The molecule has 3 aromatic rings. The number of rotatable bonds is 10. The predicted octanol–water partition coefficient (Wildman–Crippen LogP) is 3.45. The summed E-state index contributed by atoms with van der Waals surface area (Å²) in [5.41, 5.74) is 0.986. The predicted molar refractivity (Wildman–Crippen MR) is 150 cm³/mol. The van der Waals surface area contributed by atoms with E-state index in [9.17, 15) is 21.6 Å². The van der Waals surface area contributed by atoms with Crippen LogP contribution in [0.15, 0.2) is 94.7 Å². The third-order valence-electron chi connectivity index (χ3n) is 6.09. The summed E-state index contributed by atoms with van der Waals surface area (Å²) in [6, 6.07) is 22.0. The summed E-state index contributed by atoms with van der Waals surface area (Å²) in [6.07, 6.45) is 0. The highest BCUT2D eigenvalue weighted by Gasteiger charge is 2.43. The second-order valence-corrected chi connectivity index (χ2v) is 13.9. The number of nitrogens with zero attached hydrogens (tertiary/aromatic N) is 2. The maximum atomic E-state index is 13.5. The Hall–Kier alpha value is -2.41. The van der Waals surface area contributed by atoms with E-state index in [0.29, 0.717) is 16.5 Å². The van der Waals surface area contributed by atoms with Crippen molar-refractivity contribution < 1.29 is 21.6 Å². The number of sulfonamides is 2. The molecule has 0 spiro atoms. The Bertz CT molecular complexity index is 1460. The summed E-state index contributed by atoms with van der Waals surface area (Å²) in [5, 5.41) is 3.47. The Labute approximate surface area is 233 Å². The largest absolute Gasteiger partial charge is 0.354 e. The summed E-state index contributed by atoms with van der Waals surface area (Å²) in [6.45, 7) is -0.222. The van der Waals surface area contributed by atoms with Crippen LogP contribution in [0.4, 0.5) is 0 Å². The molecule has 1 aliphatic heterocycles. The molecule has 0 saturated carbocycles. The molecule has 4 rings (SSSR count). The van der Waals surface area contributed by atoms with Crippen LogP contribution in [-0.4, -0.2) is 69.3 Å². The number of thioether (sulfide) groups is 1. The first kappa shape index (κ1) is 28.6. The monoisotopic (exact) mass is 593 g/mol. The molecule has 1 atom stereocenters. The highest BCUT2D eigenvalue weighted by molar-refractivity contribution is 7.98. The molecule has 0 bridgehead atoms. The number of piperazine rings is 1. The Morgan fingerprint density at radius 3 is 2.05 bits per heavy atom. The van der Waals surface area contributed by atoms with Gasteiger partial charge in [-0.1, -0.05) is 66.2 Å². The van der Waals surface area contributed by atoms with E-state index in [-0.39, 0.29) is 36.0 Å². The van der Waals surface area contributed by atoms with Gasteiger partial charge >= 0.3 is 0 Å². The Morgan fingerprint density at radius 1 is 0.842 bits per heavy atom. The van der Waals surface area contributed by atoms with Crippen LogP contribution in [0, 0.1) is 0 Å². The van der Waals surface area contributed by atoms with Crippen molar-refractivity contribution in [1.82, 2.24) is 13.9 Å². The van der Waals surface area contributed by atoms with E-state index in [2.05, 4.69) is 5.32 Å². The van der Waals surface area contributed by atoms with Gasteiger partial charge in [-0.05, 0) is 35.9 Å². The van der Waals surface area contributed by atoms with Gasteiger partial charge in [0.2, 0.25) is 26.0 Å². The van der Waals surface area contributed by atoms with Crippen LogP contribution in [0.25, 0.3) is 0 Å². The van der Waals surface area contributed by atoms with Crippen molar-refractivity contribution in [2.24, 2.45) is 0 Å². The summed E-state index contributed by atoms with van der Waals surface area (Å²) < 4.78 is 55.7. The highest BCUT2D eigenvalue weighted by atomic mass is 35.5. The molecule has 0 unspecified atom stereocenters. The molecule has 0 aliphatic carbocycles. The van der Waals surface area contributed by atoms with Gasteiger partial charge in [0.25, 0.3) is 0 Å². The molecule has 0 aromatic heterocycles. The molecule has 1 amide bonds. The lowest BCUT2D eigenvalue weighted by atomic mass is 10.2. The summed E-state index contributed by atoms with van der Waals surface area (Å²) >= 11 is 7.77. The molecule has 12 heteroatoms. The third-order valence-corrected chi connectivity index (χ3v) is 11.3. The fraction of sp³-hybridized carbons (Fsp3) is 0.269. The molecule has 1 heterocycles. The minimum atomic E-state index is -4.03. The average Bonchev–Trinajstić information content (AvgIpc) is 2.94. The molecule has 202 valence electrons. The number of nitrogens with one attached hydrogen (secondary N) is 1. The maximum absolute atomic E-state index is 13.5. The first-order valence-corrected chi connectivity index (χ1v) is 16.3. The van der Waals surface area contributed by atoms with Crippen LogP contribution in [-0.2, 0) is 30.6 Å². The van der Waals surface area contributed by atoms with Crippen molar-refractivity contribution in [3.63, 3.8) is 0 Å². The number of hydrogen-bond acceptors (Lipinski definition) is 6. The fourth-order valence-corrected chi connectivity index (χ4v) is 8.29.